The number of aromatic amines is 2. The van der Waals surface area contributed by atoms with Crippen molar-refractivity contribution in [3.8, 4) is 0 Å². The van der Waals surface area contributed by atoms with Gasteiger partial charge in [0.1, 0.15) is 5.82 Å². The first-order chi connectivity index (χ1) is 45.1. The van der Waals surface area contributed by atoms with Crippen molar-refractivity contribution >= 4 is 109 Å². The summed E-state index contributed by atoms with van der Waals surface area (Å²) >= 11 is 4.19. The van der Waals surface area contributed by atoms with E-state index in [1.54, 1.807) is 88.6 Å². The molecule has 19 heteroatoms. The molecule has 96 heavy (non-hydrogen) atoms. The van der Waals surface area contributed by atoms with Gasteiger partial charge in [-0.1, -0.05) is 101 Å². The van der Waals surface area contributed by atoms with Crippen molar-refractivity contribution in [3.05, 3.63) is 263 Å². The van der Waals surface area contributed by atoms with E-state index >= 15 is 0 Å². The van der Waals surface area contributed by atoms with E-state index in [-0.39, 0.29) is 5.69 Å². The second-order valence-electron chi connectivity index (χ2n) is 23.3. The smallest absolute Gasteiger partial charge is 0.356 e. The van der Waals surface area contributed by atoms with Gasteiger partial charge in [0, 0.05) is 10.6 Å². The van der Waals surface area contributed by atoms with Crippen molar-refractivity contribution in [2.45, 2.75) is 102 Å². The van der Waals surface area contributed by atoms with E-state index in [0.717, 1.165) is 109 Å². The Morgan fingerprint density at radius 1 is 0.375 bits per heavy atom. The highest BCUT2D eigenvalue weighted by molar-refractivity contribution is 7.80. The summed E-state index contributed by atoms with van der Waals surface area (Å²) in [4.78, 5) is 90.1. The number of carbonyl (C=O) groups is 7. The summed E-state index contributed by atoms with van der Waals surface area (Å²) in [6.45, 7) is 26.4. The topological polar surface area (TPSA) is 318 Å². The predicted octanol–water partition coefficient (Wildman–Crippen LogP) is 17.5. The summed E-state index contributed by atoms with van der Waals surface area (Å²) in [5.41, 5.74) is 16.4. The highest BCUT2D eigenvalue weighted by Crippen LogP contribution is 2.33. The quantitative estimate of drug-likeness (QED) is 0.0524. The van der Waals surface area contributed by atoms with Gasteiger partial charge in [-0.15, -0.1) is 12.6 Å². The van der Waals surface area contributed by atoms with Crippen LogP contribution >= 0.6 is 12.6 Å². The van der Waals surface area contributed by atoms with Gasteiger partial charge < -0.3 is 45.7 Å². The van der Waals surface area contributed by atoms with Gasteiger partial charge in [0.2, 0.25) is 0 Å². The molecule has 0 saturated heterocycles. The SMILES string of the molecule is Cc1c2ccccc2c(C)c2cc(C(=O)O)ccc12.Cc1cc(C(=O)O)c(C)c2[nH]cnc12.Cc1cc(C(=O)O)c(C)cc1S.Cc1cc(C)cc(C(=O)O)c1.Cc1ccc(C(=O)O)cc1C.Cc1ccc2c(C(=O)O)c3cc(C)ccc3cc2c1.Cc1nc(C(=O)O)c(C)[nH]1. The number of nitrogens with zero attached hydrogens (tertiary/aromatic N) is 2. The molecule has 12 rings (SSSR count). The van der Waals surface area contributed by atoms with Crippen LogP contribution in [0.4, 0.5) is 0 Å². The molecular formula is C77H76N4O14S. The highest BCUT2D eigenvalue weighted by atomic mass is 32.1. The number of hydrogen-bond donors (Lipinski definition) is 10. The van der Waals surface area contributed by atoms with E-state index in [9.17, 15) is 38.7 Å². The molecule has 0 atom stereocenters. The van der Waals surface area contributed by atoms with Crippen molar-refractivity contribution in [3.63, 3.8) is 0 Å². The lowest BCUT2D eigenvalue weighted by atomic mass is 9.92. The number of thiol groups is 1. The Bertz CT molecular complexity index is 5000. The van der Waals surface area contributed by atoms with Gasteiger partial charge in [0.15, 0.2) is 5.69 Å². The number of aromatic nitrogens is 4. The van der Waals surface area contributed by atoms with E-state index in [0.29, 0.717) is 44.9 Å². The minimum absolute atomic E-state index is 0.109. The minimum Gasteiger partial charge on any atom is -0.478 e. The van der Waals surface area contributed by atoms with E-state index in [1.807, 2.05) is 122 Å². The molecule has 18 nitrogen and oxygen atoms in total. The number of carboxylic acid groups (broad SMARTS) is 7. The number of hydrogen-bond acceptors (Lipinski definition) is 10. The lowest BCUT2D eigenvalue weighted by Gasteiger charge is -2.12. The molecule has 0 bridgehead atoms. The fraction of sp³-hybridized carbons (Fsp3) is 0.182. The first kappa shape index (κ1) is 73.6. The molecule has 2 aromatic heterocycles. The molecule has 10 aromatic carbocycles. The van der Waals surface area contributed by atoms with Gasteiger partial charge in [0.05, 0.1) is 50.7 Å². The number of aryl methyl sites for hydroxylation is 14. The molecule has 0 aliphatic heterocycles. The van der Waals surface area contributed by atoms with Crippen molar-refractivity contribution < 1.29 is 69.3 Å². The number of aromatic carboxylic acids is 7. The number of rotatable bonds is 7. The Kier molecular flexibility index (Phi) is 24.5. The van der Waals surface area contributed by atoms with Crippen LogP contribution in [0, 0.1) is 96.9 Å². The zero-order valence-corrected chi connectivity index (χ0v) is 56.6. The van der Waals surface area contributed by atoms with E-state index < -0.39 is 41.8 Å². The number of H-pyrrole nitrogens is 2. The van der Waals surface area contributed by atoms with Gasteiger partial charge in [-0.3, -0.25) is 0 Å². The molecule has 0 aliphatic carbocycles. The summed E-state index contributed by atoms with van der Waals surface area (Å²) in [5.74, 6) is -5.62. The van der Waals surface area contributed by atoms with Crippen LogP contribution < -0.4 is 0 Å². The van der Waals surface area contributed by atoms with Crippen LogP contribution in [0.5, 0.6) is 0 Å². The fourth-order valence-electron chi connectivity index (χ4n) is 10.8. The average Bonchev–Trinajstić information content (AvgIpc) is 0.946. The minimum atomic E-state index is -0.984. The zero-order chi connectivity index (χ0) is 71.3. The van der Waals surface area contributed by atoms with Gasteiger partial charge >= 0.3 is 41.8 Å². The third-order valence-electron chi connectivity index (χ3n) is 15.9. The van der Waals surface area contributed by atoms with Gasteiger partial charge in [-0.05, 0) is 245 Å². The van der Waals surface area contributed by atoms with Crippen LogP contribution in [0.1, 0.15) is 151 Å². The van der Waals surface area contributed by atoms with Crippen molar-refractivity contribution in [2.24, 2.45) is 0 Å². The second kappa shape index (κ2) is 31.9. The molecule has 12 aromatic rings. The van der Waals surface area contributed by atoms with Crippen molar-refractivity contribution in [1.82, 2.24) is 19.9 Å². The van der Waals surface area contributed by atoms with E-state index in [2.05, 4.69) is 64.6 Å². The van der Waals surface area contributed by atoms with Gasteiger partial charge in [0.25, 0.3) is 0 Å². The predicted molar refractivity (Wildman–Crippen MR) is 379 cm³/mol. The third-order valence-corrected chi connectivity index (χ3v) is 16.4. The Balaban J connectivity index is 0.000000180. The Morgan fingerprint density at radius 3 is 1.44 bits per heavy atom. The molecule has 0 amide bonds. The summed E-state index contributed by atoms with van der Waals surface area (Å²) in [7, 11) is 0. The van der Waals surface area contributed by atoms with Crippen LogP contribution in [0.15, 0.2) is 151 Å². The largest absolute Gasteiger partial charge is 0.478 e. The number of imidazole rings is 2. The van der Waals surface area contributed by atoms with Crippen LogP contribution in [0.3, 0.4) is 0 Å². The summed E-state index contributed by atoms with van der Waals surface area (Å²) in [6.07, 6.45) is 1.58. The second-order valence-corrected chi connectivity index (χ2v) is 23.8. The van der Waals surface area contributed by atoms with E-state index in [4.69, 9.17) is 30.6 Å². The maximum absolute atomic E-state index is 11.6. The molecule has 0 radical (unpaired) electrons. The van der Waals surface area contributed by atoms with Gasteiger partial charge in [-0.25, -0.2) is 43.5 Å². The van der Waals surface area contributed by atoms with Crippen LogP contribution in [-0.4, -0.2) is 97.5 Å². The summed E-state index contributed by atoms with van der Waals surface area (Å²) in [5, 5.41) is 70.2. The maximum atomic E-state index is 11.6. The lowest BCUT2D eigenvalue weighted by Crippen LogP contribution is -2.01. The fourth-order valence-corrected chi connectivity index (χ4v) is 11.0. The monoisotopic (exact) mass is 1310 g/mol. The van der Waals surface area contributed by atoms with Crippen LogP contribution in [0.2, 0.25) is 0 Å². The summed E-state index contributed by atoms with van der Waals surface area (Å²) in [6, 6.07) is 42.9. The summed E-state index contributed by atoms with van der Waals surface area (Å²) < 4.78 is 0. The third kappa shape index (κ3) is 18.2. The molecule has 0 saturated carbocycles. The molecule has 0 aliphatic rings. The first-order valence-corrected chi connectivity index (χ1v) is 30.5. The molecule has 9 N–H and O–H groups in total. The Labute approximate surface area is 560 Å². The first-order valence-electron chi connectivity index (χ1n) is 30.0. The average molecular weight is 1310 g/mol. The highest BCUT2D eigenvalue weighted by Gasteiger charge is 2.17. The molecule has 494 valence electrons. The number of carboxylic acids is 7. The van der Waals surface area contributed by atoms with E-state index in [1.165, 1.54) is 16.3 Å². The normalized spacial score (nSPS) is 10.4. The van der Waals surface area contributed by atoms with Gasteiger partial charge in [-0.2, -0.15) is 0 Å². The number of nitrogens with one attached hydrogen (secondary N) is 2. The Morgan fingerprint density at radius 2 is 0.906 bits per heavy atom. The van der Waals surface area contributed by atoms with Crippen molar-refractivity contribution in [2.75, 3.05) is 0 Å². The number of fused-ring (bicyclic) bond motifs is 5. The Hall–Kier alpha value is -11.4. The standard InChI is InChI=1S/2C17H14O2.C10H10N2O2.C9H10O2S.2C9H10O2.C6H8N2O2/c1-10-4-6-14-13(7-10)9-12-5-3-11(2)8-15(12)16(14)17(18)19;1-10-13-5-3-4-6-14(13)11(2)16-9-12(17(18)19)7-8-15(10)16;1-5-3-7(10(13)14)6(2)9-8(5)11-4-12-9;1-5-4-8(12)6(2)3-7(5)9(10)11;1-6-3-7(2)5-8(4-6)9(10)11;1-6-3-4-8(9(10)11)5-7(6)2;1-3-5(6(9)10)8-4(2)7-3/h2*3-9H,1-2H3,(H,18,19);3-4H,1-2H3,(H,11,12)(H,13,14);3-4,12H,1-2H3,(H,10,11);2*3-5H,1-2H3,(H,10,11);1-2H3,(H,7,8)(H,9,10). The molecule has 0 fully saturated rings. The molecule has 0 spiro atoms. The van der Waals surface area contributed by atoms with Crippen LogP contribution in [0.25, 0.3) is 54.1 Å². The maximum Gasteiger partial charge on any atom is 0.356 e. The number of benzene rings is 10. The lowest BCUT2D eigenvalue weighted by molar-refractivity contribution is 0.0680. The molecule has 2 heterocycles. The van der Waals surface area contributed by atoms with Crippen LogP contribution in [-0.2, 0) is 0 Å². The zero-order valence-electron chi connectivity index (χ0n) is 55.7. The molecule has 0 unspecified atom stereocenters. The van der Waals surface area contributed by atoms with Crippen molar-refractivity contribution in [1.29, 1.82) is 0 Å². The molecular weight excluding hydrogens is 1240 g/mol.